The normalized spacial score (nSPS) is 17.4. The van der Waals surface area contributed by atoms with Gasteiger partial charge >= 0.3 is 6.36 Å². The molecule has 1 saturated heterocycles. The number of ether oxygens (including phenoxy) is 1. The summed E-state index contributed by atoms with van der Waals surface area (Å²) in [7, 11) is 0. The van der Waals surface area contributed by atoms with E-state index >= 15 is 0 Å². The lowest BCUT2D eigenvalue weighted by Crippen LogP contribution is -2.45. The average molecular weight is 377 g/mol. The van der Waals surface area contributed by atoms with Crippen molar-refractivity contribution in [3.05, 3.63) is 28.8 Å². The van der Waals surface area contributed by atoms with Gasteiger partial charge in [-0.05, 0) is 24.1 Å². The fourth-order valence-corrected chi connectivity index (χ4v) is 2.82. The second kappa shape index (κ2) is 8.92. The van der Waals surface area contributed by atoms with Gasteiger partial charge in [-0.2, -0.15) is 0 Å². The maximum atomic E-state index is 12.8. The molecule has 1 N–H and O–H groups in total. The van der Waals surface area contributed by atoms with Crippen molar-refractivity contribution >= 4 is 24.0 Å². The van der Waals surface area contributed by atoms with Crippen LogP contribution in [0.3, 0.4) is 0 Å². The molecule has 1 atom stereocenters. The molecule has 9 heteroatoms. The summed E-state index contributed by atoms with van der Waals surface area (Å²) < 4.78 is 53.4. The molecule has 3 nitrogen and oxygen atoms in total. The Kier molecular flexibility index (Phi) is 7.86. The summed E-state index contributed by atoms with van der Waals surface area (Å²) in [5.74, 6) is -0.447. The molecular weight excluding hydrogens is 359 g/mol. The molecule has 1 aliphatic rings. The molecule has 0 amide bonds. The molecule has 0 spiro atoms. The zero-order chi connectivity index (χ0) is 16.2. The van der Waals surface area contributed by atoms with Crippen LogP contribution in [0.25, 0.3) is 0 Å². The predicted octanol–water partition coefficient (Wildman–Crippen LogP) is 3.97. The van der Waals surface area contributed by atoms with E-state index in [1.54, 1.807) is 0 Å². The Morgan fingerprint density at radius 3 is 2.43 bits per heavy atom. The summed E-state index contributed by atoms with van der Waals surface area (Å²) in [6, 6.07) is 3.91. The number of halogens is 6. The third-order valence-corrected chi connectivity index (χ3v) is 3.84. The summed E-state index contributed by atoms with van der Waals surface area (Å²) in [5.41, 5.74) is 0.694. The number of nitrogens with zero attached hydrogens (tertiary/aromatic N) is 1. The third-order valence-electron chi connectivity index (χ3n) is 3.54. The molecule has 1 aromatic rings. The number of nitrogens with one attached hydrogen (secondary N) is 1. The van der Waals surface area contributed by atoms with Crippen molar-refractivity contribution in [3.8, 4) is 5.75 Å². The van der Waals surface area contributed by atoms with Gasteiger partial charge in [0, 0.05) is 32.2 Å². The molecule has 0 saturated carbocycles. The maximum Gasteiger partial charge on any atom is 0.573 e. The topological polar surface area (TPSA) is 24.5 Å². The molecule has 0 aromatic heterocycles. The van der Waals surface area contributed by atoms with Gasteiger partial charge in [0.05, 0.1) is 11.7 Å². The summed E-state index contributed by atoms with van der Waals surface area (Å²) in [6.07, 6.45) is -4.52. The molecule has 1 aliphatic heterocycles. The van der Waals surface area contributed by atoms with Gasteiger partial charge in [-0.15, -0.1) is 25.6 Å². The van der Waals surface area contributed by atoms with Crippen LogP contribution in [-0.4, -0.2) is 44.1 Å². The lowest BCUT2D eigenvalue weighted by molar-refractivity contribution is -0.274. The van der Waals surface area contributed by atoms with E-state index < -0.39 is 18.8 Å². The second-order valence-corrected chi connectivity index (χ2v) is 5.42. The Hall–Kier alpha value is -0.760. The van der Waals surface area contributed by atoms with E-state index in [-0.39, 0.29) is 29.9 Å². The Morgan fingerprint density at radius 1 is 1.26 bits per heavy atom. The lowest BCUT2D eigenvalue weighted by atomic mass is 10.0. The van der Waals surface area contributed by atoms with Crippen LogP contribution in [0.4, 0.5) is 17.6 Å². The van der Waals surface area contributed by atoms with Gasteiger partial charge in [0.15, 0.2) is 0 Å². The number of alkyl halides is 4. The first-order valence-electron chi connectivity index (χ1n) is 6.96. The van der Waals surface area contributed by atoms with Crippen molar-refractivity contribution in [2.24, 2.45) is 0 Å². The van der Waals surface area contributed by atoms with Gasteiger partial charge in [-0.1, -0.05) is 17.7 Å². The minimum atomic E-state index is -4.79. The quantitative estimate of drug-likeness (QED) is 0.787. The molecule has 0 unspecified atom stereocenters. The van der Waals surface area contributed by atoms with E-state index in [4.69, 9.17) is 11.6 Å². The van der Waals surface area contributed by atoms with Crippen molar-refractivity contribution in [2.75, 3.05) is 32.9 Å². The van der Waals surface area contributed by atoms with Gasteiger partial charge in [-0.25, -0.2) is 0 Å². The average Bonchev–Trinajstić information content (AvgIpc) is 2.47. The SMILES string of the molecule is Cl.FCC[C@@H](c1ccc(OC(F)(F)F)c(Cl)c1)N1CCNCC1. The van der Waals surface area contributed by atoms with Crippen molar-refractivity contribution in [3.63, 3.8) is 0 Å². The smallest absolute Gasteiger partial charge is 0.404 e. The standard InChI is InChI=1S/C14H17ClF4N2O.ClH/c15-11-9-10(1-2-13(11)22-14(17,18)19)12(3-4-16)21-7-5-20-6-8-21;/h1-2,9,12,20H,3-8H2;1H/t12-;/m0./s1. The van der Waals surface area contributed by atoms with Crippen molar-refractivity contribution in [1.29, 1.82) is 0 Å². The fraction of sp³-hybridized carbons (Fsp3) is 0.571. The maximum absolute atomic E-state index is 12.8. The molecular formula is C14H18Cl2F4N2O. The first-order chi connectivity index (χ1) is 10.4. The molecule has 1 heterocycles. The molecule has 1 fully saturated rings. The zero-order valence-electron chi connectivity index (χ0n) is 12.2. The van der Waals surface area contributed by atoms with E-state index in [2.05, 4.69) is 15.0 Å². The van der Waals surface area contributed by atoms with Crippen molar-refractivity contribution in [1.82, 2.24) is 10.2 Å². The first-order valence-corrected chi connectivity index (χ1v) is 7.34. The molecule has 132 valence electrons. The summed E-state index contributed by atoms with van der Waals surface area (Å²) in [6.45, 7) is 2.59. The lowest BCUT2D eigenvalue weighted by Gasteiger charge is -2.35. The van der Waals surface area contributed by atoms with Crippen LogP contribution in [0.5, 0.6) is 5.75 Å². The minimum absolute atomic E-state index is 0. The first kappa shape index (κ1) is 20.3. The minimum Gasteiger partial charge on any atom is -0.404 e. The predicted molar refractivity (Wildman–Crippen MR) is 83.2 cm³/mol. The van der Waals surface area contributed by atoms with Gasteiger partial charge in [0.2, 0.25) is 0 Å². The van der Waals surface area contributed by atoms with Gasteiger partial charge in [0.1, 0.15) is 5.75 Å². The van der Waals surface area contributed by atoms with E-state index in [1.165, 1.54) is 18.2 Å². The highest BCUT2D eigenvalue weighted by molar-refractivity contribution is 6.32. The van der Waals surface area contributed by atoms with Crippen LogP contribution in [0.2, 0.25) is 5.02 Å². The van der Waals surface area contributed by atoms with E-state index in [0.29, 0.717) is 5.56 Å². The van der Waals surface area contributed by atoms with Crippen LogP contribution in [0.1, 0.15) is 18.0 Å². The highest BCUT2D eigenvalue weighted by Crippen LogP contribution is 2.34. The third kappa shape index (κ3) is 5.99. The monoisotopic (exact) mass is 376 g/mol. The molecule has 1 aromatic carbocycles. The van der Waals surface area contributed by atoms with Crippen molar-refractivity contribution < 1.29 is 22.3 Å². The second-order valence-electron chi connectivity index (χ2n) is 5.02. The Labute approximate surface area is 143 Å². The number of benzene rings is 1. The van der Waals surface area contributed by atoms with Crippen LogP contribution in [0.15, 0.2) is 18.2 Å². The van der Waals surface area contributed by atoms with Gasteiger partial charge < -0.3 is 10.1 Å². The van der Waals surface area contributed by atoms with E-state index in [0.717, 1.165) is 26.2 Å². The number of hydrogen-bond acceptors (Lipinski definition) is 3. The molecule has 2 rings (SSSR count). The molecule has 0 bridgehead atoms. The molecule has 23 heavy (non-hydrogen) atoms. The van der Waals surface area contributed by atoms with Gasteiger partial charge in [0.25, 0.3) is 0 Å². The summed E-state index contributed by atoms with van der Waals surface area (Å²) >= 11 is 5.87. The Balaban J connectivity index is 0.00000264. The zero-order valence-corrected chi connectivity index (χ0v) is 13.8. The molecule has 0 aliphatic carbocycles. The largest absolute Gasteiger partial charge is 0.573 e. The van der Waals surface area contributed by atoms with Crippen molar-refractivity contribution in [2.45, 2.75) is 18.8 Å². The summed E-state index contributed by atoms with van der Waals surface area (Å²) in [4.78, 5) is 2.10. The number of piperazine rings is 1. The van der Waals surface area contributed by atoms with E-state index in [1.807, 2.05) is 0 Å². The summed E-state index contributed by atoms with van der Waals surface area (Å²) in [5, 5.41) is 3.07. The Morgan fingerprint density at radius 2 is 1.91 bits per heavy atom. The van der Waals surface area contributed by atoms with Crippen LogP contribution >= 0.6 is 24.0 Å². The van der Waals surface area contributed by atoms with E-state index in [9.17, 15) is 17.6 Å². The van der Waals surface area contributed by atoms with Crippen LogP contribution in [-0.2, 0) is 0 Å². The Bertz CT molecular complexity index is 496. The van der Waals surface area contributed by atoms with Crippen LogP contribution < -0.4 is 10.1 Å². The fourth-order valence-electron chi connectivity index (χ4n) is 2.59. The highest BCUT2D eigenvalue weighted by Gasteiger charge is 2.32. The number of rotatable bonds is 5. The van der Waals surface area contributed by atoms with Crippen LogP contribution in [0, 0.1) is 0 Å². The van der Waals surface area contributed by atoms with Gasteiger partial charge in [-0.3, -0.25) is 9.29 Å². The molecule has 0 radical (unpaired) electrons. The highest BCUT2D eigenvalue weighted by atomic mass is 35.5. The number of hydrogen-bond donors (Lipinski definition) is 1.